The quantitative estimate of drug-likeness (QED) is 0.565. The minimum absolute atomic E-state index is 0.264. The normalized spacial score (nSPS) is 12.0. The summed E-state index contributed by atoms with van der Waals surface area (Å²) in [5, 5.41) is 0. The summed E-state index contributed by atoms with van der Waals surface area (Å²) in [6, 6.07) is 2.30. The molecule has 0 saturated heterocycles. The second-order valence-corrected chi connectivity index (χ2v) is 6.65. The molecule has 1 aromatic carbocycles. The Hall–Kier alpha value is -1.18. The average Bonchev–Trinajstić information content (AvgIpc) is 2.43. The van der Waals surface area contributed by atoms with E-state index in [-0.39, 0.29) is 12.2 Å². The fourth-order valence-electron chi connectivity index (χ4n) is 2.00. The molecule has 1 aromatic rings. The lowest BCUT2D eigenvalue weighted by atomic mass is 10.2. The Labute approximate surface area is 126 Å². The Morgan fingerprint density at radius 3 is 2.48 bits per heavy atom. The fourth-order valence-corrected chi connectivity index (χ4v) is 3.17. The third-order valence-corrected chi connectivity index (χ3v) is 4.92. The largest absolute Gasteiger partial charge is 0.398 e. The minimum atomic E-state index is -3.87. The number of hydrogen-bond acceptors (Lipinski definition) is 4. The van der Waals surface area contributed by atoms with Crippen LogP contribution >= 0.6 is 0 Å². The van der Waals surface area contributed by atoms with Gasteiger partial charge in [0, 0.05) is 12.2 Å². The number of halogens is 1. The maximum Gasteiger partial charge on any atom is 0.243 e. The Morgan fingerprint density at radius 2 is 1.90 bits per heavy atom. The van der Waals surface area contributed by atoms with Crippen LogP contribution in [0.5, 0.6) is 0 Å². The van der Waals surface area contributed by atoms with E-state index in [1.54, 1.807) is 6.92 Å². The lowest BCUT2D eigenvalue weighted by Gasteiger charge is -2.17. The number of nitrogens with zero attached hydrogens (tertiary/aromatic N) is 1. The lowest BCUT2D eigenvalue weighted by Crippen LogP contribution is -2.30. The molecule has 0 heterocycles. The predicted molar refractivity (Wildman–Crippen MR) is 83.1 cm³/mol. The first kappa shape index (κ1) is 17.9. The lowest BCUT2D eigenvalue weighted by molar-refractivity contribution is 0.300. The summed E-state index contributed by atoms with van der Waals surface area (Å²) in [5.74, 6) is -0.780. The van der Waals surface area contributed by atoms with E-state index in [2.05, 4.69) is 23.5 Å². The van der Waals surface area contributed by atoms with Gasteiger partial charge < -0.3 is 10.6 Å². The fraction of sp³-hybridized carbons (Fsp3) is 0.571. The standard InChI is InChI=1S/C14H24FN3O2S/c1-4-18(5-2)8-6-7-17-21(19,20)14-10-13(16)11(3)9-12(14)15/h9-10,17H,4-8,16H2,1-3H3. The molecule has 0 radical (unpaired) electrons. The van der Waals surface area contributed by atoms with E-state index in [0.717, 1.165) is 31.8 Å². The number of rotatable bonds is 8. The molecule has 7 heteroatoms. The van der Waals surface area contributed by atoms with Crippen LogP contribution in [0, 0.1) is 12.7 Å². The van der Waals surface area contributed by atoms with Crippen molar-refractivity contribution in [2.45, 2.75) is 32.1 Å². The van der Waals surface area contributed by atoms with Crippen LogP contribution in [0.4, 0.5) is 10.1 Å². The van der Waals surface area contributed by atoms with Gasteiger partial charge >= 0.3 is 0 Å². The van der Waals surface area contributed by atoms with E-state index in [1.165, 1.54) is 0 Å². The molecule has 3 N–H and O–H groups in total. The van der Waals surface area contributed by atoms with Crippen LogP contribution in [0.25, 0.3) is 0 Å². The van der Waals surface area contributed by atoms with Crippen molar-refractivity contribution in [3.8, 4) is 0 Å². The van der Waals surface area contributed by atoms with Gasteiger partial charge in [-0.15, -0.1) is 0 Å². The zero-order chi connectivity index (χ0) is 16.0. The van der Waals surface area contributed by atoms with Gasteiger partial charge in [0.25, 0.3) is 0 Å². The molecule has 0 aromatic heterocycles. The Balaban J connectivity index is 2.68. The summed E-state index contributed by atoms with van der Waals surface area (Å²) in [4.78, 5) is 1.80. The zero-order valence-electron chi connectivity index (χ0n) is 12.8. The maximum absolute atomic E-state index is 13.8. The zero-order valence-corrected chi connectivity index (χ0v) is 13.6. The monoisotopic (exact) mass is 317 g/mol. The molecule has 0 saturated carbocycles. The molecule has 0 aliphatic heterocycles. The summed E-state index contributed by atoms with van der Waals surface area (Å²) < 4.78 is 40.4. The van der Waals surface area contributed by atoms with E-state index >= 15 is 0 Å². The highest BCUT2D eigenvalue weighted by Gasteiger charge is 2.19. The van der Waals surface area contributed by atoms with E-state index in [0.29, 0.717) is 12.0 Å². The molecule has 120 valence electrons. The van der Waals surface area contributed by atoms with Gasteiger partial charge in [-0.3, -0.25) is 0 Å². The smallest absolute Gasteiger partial charge is 0.243 e. The van der Waals surface area contributed by atoms with E-state index in [9.17, 15) is 12.8 Å². The molecule has 5 nitrogen and oxygen atoms in total. The van der Waals surface area contributed by atoms with Crippen molar-refractivity contribution in [1.82, 2.24) is 9.62 Å². The van der Waals surface area contributed by atoms with Gasteiger partial charge in [-0.1, -0.05) is 13.8 Å². The SMILES string of the molecule is CCN(CC)CCCNS(=O)(=O)c1cc(N)c(C)cc1F. The molecule has 21 heavy (non-hydrogen) atoms. The molecule has 0 aliphatic carbocycles. The van der Waals surface area contributed by atoms with Gasteiger partial charge in [-0.2, -0.15) is 0 Å². The number of nitrogens with two attached hydrogens (primary N) is 1. The first-order valence-corrected chi connectivity index (χ1v) is 8.57. The first-order chi connectivity index (χ1) is 9.81. The van der Waals surface area contributed by atoms with Crippen LogP contribution in [0.2, 0.25) is 0 Å². The highest BCUT2D eigenvalue weighted by molar-refractivity contribution is 7.89. The first-order valence-electron chi connectivity index (χ1n) is 7.09. The van der Waals surface area contributed by atoms with Gasteiger partial charge in [0.15, 0.2) is 0 Å². The van der Waals surface area contributed by atoms with Crippen molar-refractivity contribution in [3.05, 3.63) is 23.5 Å². The van der Waals surface area contributed by atoms with Crippen LogP contribution in [-0.2, 0) is 10.0 Å². The van der Waals surface area contributed by atoms with E-state index < -0.39 is 20.7 Å². The third-order valence-electron chi connectivity index (χ3n) is 3.45. The number of aryl methyl sites for hydroxylation is 1. The maximum atomic E-state index is 13.8. The van der Waals surface area contributed by atoms with Crippen molar-refractivity contribution in [3.63, 3.8) is 0 Å². The molecule has 0 atom stereocenters. The molecule has 0 fully saturated rings. The van der Waals surface area contributed by atoms with Crippen LogP contribution in [-0.4, -0.2) is 39.5 Å². The summed E-state index contributed by atoms with van der Waals surface area (Å²) in [6.45, 7) is 8.65. The Kier molecular flexibility index (Phi) is 6.57. The van der Waals surface area contributed by atoms with Crippen molar-refractivity contribution in [2.24, 2.45) is 0 Å². The van der Waals surface area contributed by atoms with Gasteiger partial charge in [-0.05, 0) is 50.7 Å². The van der Waals surface area contributed by atoms with Crippen molar-refractivity contribution in [1.29, 1.82) is 0 Å². The van der Waals surface area contributed by atoms with Gasteiger partial charge in [0.05, 0.1) is 0 Å². The van der Waals surface area contributed by atoms with Gasteiger partial charge in [-0.25, -0.2) is 17.5 Å². The van der Waals surface area contributed by atoms with E-state index in [1.807, 2.05) is 0 Å². The van der Waals surface area contributed by atoms with Crippen LogP contribution in [0.15, 0.2) is 17.0 Å². The summed E-state index contributed by atoms with van der Waals surface area (Å²) in [6.07, 6.45) is 0.671. The molecule has 0 amide bonds. The van der Waals surface area contributed by atoms with Crippen LogP contribution in [0.3, 0.4) is 0 Å². The molecule has 0 bridgehead atoms. The number of nitrogen functional groups attached to an aromatic ring is 1. The summed E-state index contributed by atoms with van der Waals surface area (Å²) in [5.41, 5.74) is 6.44. The van der Waals surface area contributed by atoms with Crippen molar-refractivity contribution < 1.29 is 12.8 Å². The molecular weight excluding hydrogens is 293 g/mol. The number of hydrogen-bond donors (Lipinski definition) is 2. The van der Waals surface area contributed by atoms with Crippen LogP contribution in [0.1, 0.15) is 25.8 Å². The number of anilines is 1. The number of nitrogens with one attached hydrogen (secondary N) is 1. The Bertz CT molecular complexity index is 572. The van der Waals surface area contributed by atoms with Crippen molar-refractivity contribution >= 4 is 15.7 Å². The molecule has 1 rings (SSSR count). The van der Waals surface area contributed by atoms with Gasteiger partial charge in [0.2, 0.25) is 10.0 Å². The van der Waals surface area contributed by atoms with E-state index in [4.69, 9.17) is 5.73 Å². The number of benzene rings is 1. The van der Waals surface area contributed by atoms with Crippen molar-refractivity contribution in [2.75, 3.05) is 31.9 Å². The minimum Gasteiger partial charge on any atom is -0.398 e. The van der Waals surface area contributed by atoms with Crippen LogP contribution < -0.4 is 10.5 Å². The third kappa shape index (κ3) is 4.94. The van der Waals surface area contributed by atoms with Gasteiger partial charge in [0.1, 0.15) is 10.7 Å². The molecule has 0 unspecified atom stereocenters. The summed E-state index contributed by atoms with van der Waals surface area (Å²) in [7, 11) is -3.87. The second kappa shape index (κ2) is 7.72. The Morgan fingerprint density at radius 1 is 1.29 bits per heavy atom. The average molecular weight is 317 g/mol. The highest BCUT2D eigenvalue weighted by Crippen LogP contribution is 2.21. The topological polar surface area (TPSA) is 75.4 Å². The molecular formula is C14H24FN3O2S. The summed E-state index contributed by atoms with van der Waals surface area (Å²) >= 11 is 0. The molecule has 0 spiro atoms. The molecule has 0 aliphatic rings. The predicted octanol–water partition coefficient (Wildman–Crippen LogP) is 1.73. The highest BCUT2D eigenvalue weighted by atomic mass is 32.2. The second-order valence-electron chi connectivity index (χ2n) is 4.92. The number of sulfonamides is 1.